The van der Waals surface area contributed by atoms with Crippen molar-refractivity contribution in [1.82, 2.24) is 24.1 Å². The lowest BCUT2D eigenvalue weighted by Crippen LogP contribution is -2.38. The van der Waals surface area contributed by atoms with Crippen LogP contribution in [0.15, 0.2) is 54.7 Å². The maximum absolute atomic E-state index is 13.2. The van der Waals surface area contributed by atoms with Crippen molar-refractivity contribution in [2.75, 3.05) is 43.4 Å². The van der Waals surface area contributed by atoms with Crippen LogP contribution in [0.2, 0.25) is 0 Å². The average Bonchev–Trinajstić information content (AvgIpc) is 3.13. The summed E-state index contributed by atoms with van der Waals surface area (Å²) in [6.45, 7) is 1.81. The van der Waals surface area contributed by atoms with Crippen LogP contribution in [0.4, 0.5) is 29.7 Å². The maximum atomic E-state index is 13.2. The number of halogens is 3. The number of anilines is 3. The van der Waals surface area contributed by atoms with E-state index in [-0.39, 0.29) is 31.4 Å². The third-order valence-corrected chi connectivity index (χ3v) is 7.30. The van der Waals surface area contributed by atoms with E-state index in [1.165, 1.54) is 4.90 Å². The van der Waals surface area contributed by atoms with Crippen LogP contribution in [-0.2, 0) is 0 Å². The fraction of sp³-hybridized carbons (Fsp3) is 0.296. The van der Waals surface area contributed by atoms with Crippen molar-refractivity contribution in [2.45, 2.75) is 19.5 Å². The van der Waals surface area contributed by atoms with Gasteiger partial charge in [0, 0.05) is 37.4 Å². The van der Waals surface area contributed by atoms with E-state index in [0.29, 0.717) is 51.8 Å². The van der Waals surface area contributed by atoms with Gasteiger partial charge in [-0.3, -0.25) is 19.5 Å². The summed E-state index contributed by atoms with van der Waals surface area (Å²) in [5.74, 6) is -0.152. The molecule has 2 aromatic heterocycles. The first-order chi connectivity index (χ1) is 19.2. The van der Waals surface area contributed by atoms with Gasteiger partial charge in [-0.2, -0.15) is 17.5 Å². The normalized spacial score (nSPS) is 14.7. The SMILES string of the molecule is Cc1nsc(Nc2cnc3ccccc3n2)c1C(=O)Nc1ccc(C(=O)N2CCCN(CC(F)(F)F)CC2)cc1. The number of fused-ring (bicyclic) bond motifs is 1. The van der Waals surface area contributed by atoms with E-state index in [1.54, 1.807) is 42.3 Å². The molecule has 0 unspecified atom stereocenters. The zero-order valence-corrected chi connectivity index (χ0v) is 22.3. The van der Waals surface area contributed by atoms with E-state index in [1.807, 2.05) is 24.3 Å². The lowest BCUT2D eigenvalue weighted by molar-refractivity contribution is -0.145. The summed E-state index contributed by atoms with van der Waals surface area (Å²) in [6, 6.07) is 13.9. The molecule has 2 N–H and O–H groups in total. The molecule has 5 rings (SSSR count). The van der Waals surface area contributed by atoms with Crippen molar-refractivity contribution >= 4 is 50.9 Å². The number of aromatic nitrogens is 3. The van der Waals surface area contributed by atoms with Crippen LogP contribution in [0.25, 0.3) is 11.0 Å². The summed E-state index contributed by atoms with van der Waals surface area (Å²) >= 11 is 1.14. The van der Waals surface area contributed by atoms with Gasteiger partial charge < -0.3 is 15.5 Å². The van der Waals surface area contributed by atoms with Crippen LogP contribution in [0.3, 0.4) is 0 Å². The van der Waals surface area contributed by atoms with Crippen molar-refractivity contribution in [3.63, 3.8) is 0 Å². The Morgan fingerprint density at radius 3 is 2.50 bits per heavy atom. The monoisotopic (exact) mass is 569 g/mol. The van der Waals surface area contributed by atoms with Gasteiger partial charge in [-0.05, 0) is 61.3 Å². The minimum absolute atomic E-state index is 0.161. The zero-order valence-electron chi connectivity index (χ0n) is 21.5. The molecular formula is C27H26F3N7O2S. The van der Waals surface area contributed by atoms with Crippen LogP contribution in [0.5, 0.6) is 0 Å². The quantitative estimate of drug-likeness (QED) is 0.333. The molecule has 3 heterocycles. The Labute approximate surface area is 232 Å². The highest BCUT2D eigenvalue weighted by atomic mass is 32.1. The van der Waals surface area contributed by atoms with Crippen molar-refractivity contribution in [3.05, 3.63) is 71.5 Å². The van der Waals surface area contributed by atoms with E-state index in [0.717, 1.165) is 17.0 Å². The molecule has 2 aromatic carbocycles. The Morgan fingerprint density at radius 2 is 1.75 bits per heavy atom. The standard InChI is InChI=1S/C27H26F3N7O2S/c1-17-23(25(40-35-17)34-22-15-31-20-5-2-3-6-21(20)33-22)24(38)32-19-9-7-18(8-10-19)26(39)37-12-4-11-36(13-14-37)16-27(28,29)30/h2-3,5-10,15H,4,11-14,16H2,1H3,(H,32,38)(H,33,34). The van der Waals surface area contributed by atoms with Gasteiger partial charge in [0.05, 0.1) is 35.0 Å². The predicted octanol–water partition coefficient (Wildman–Crippen LogP) is 5.10. The molecule has 9 nitrogen and oxygen atoms in total. The molecule has 0 radical (unpaired) electrons. The van der Waals surface area contributed by atoms with Gasteiger partial charge in [-0.15, -0.1) is 0 Å². The van der Waals surface area contributed by atoms with E-state index >= 15 is 0 Å². The van der Waals surface area contributed by atoms with Gasteiger partial charge in [0.25, 0.3) is 11.8 Å². The van der Waals surface area contributed by atoms with Crippen LogP contribution in [0, 0.1) is 6.92 Å². The summed E-state index contributed by atoms with van der Waals surface area (Å²) in [7, 11) is 0. The number of amides is 2. The van der Waals surface area contributed by atoms with E-state index < -0.39 is 12.7 Å². The van der Waals surface area contributed by atoms with Crippen molar-refractivity contribution < 1.29 is 22.8 Å². The maximum Gasteiger partial charge on any atom is 0.401 e. The Kier molecular flexibility index (Phi) is 7.94. The number of para-hydroxylation sites is 2. The summed E-state index contributed by atoms with van der Waals surface area (Å²) in [6.07, 6.45) is -2.21. The lowest BCUT2D eigenvalue weighted by Gasteiger charge is -2.23. The minimum Gasteiger partial charge on any atom is -0.337 e. The molecule has 1 saturated heterocycles. The first-order valence-electron chi connectivity index (χ1n) is 12.6. The molecule has 40 heavy (non-hydrogen) atoms. The van der Waals surface area contributed by atoms with Crippen LogP contribution in [-0.4, -0.2) is 74.9 Å². The second-order valence-corrected chi connectivity index (χ2v) is 10.2. The highest BCUT2D eigenvalue weighted by molar-refractivity contribution is 7.10. The predicted molar refractivity (Wildman–Crippen MR) is 147 cm³/mol. The molecule has 0 saturated carbocycles. The first kappa shape index (κ1) is 27.5. The molecule has 0 aliphatic carbocycles. The number of aryl methyl sites for hydroxylation is 1. The molecule has 1 fully saturated rings. The van der Waals surface area contributed by atoms with Crippen LogP contribution < -0.4 is 10.6 Å². The highest BCUT2D eigenvalue weighted by Crippen LogP contribution is 2.29. The van der Waals surface area contributed by atoms with Gasteiger partial charge in [-0.1, -0.05) is 12.1 Å². The summed E-state index contributed by atoms with van der Waals surface area (Å²) in [4.78, 5) is 38.0. The highest BCUT2D eigenvalue weighted by Gasteiger charge is 2.32. The van der Waals surface area contributed by atoms with Gasteiger partial charge in [0.15, 0.2) is 0 Å². The van der Waals surface area contributed by atoms with Gasteiger partial charge in [0.2, 0.25) is 0 Å². The minimum atomic E-state index is -4.27. The van der Waals surface area contributed by atoms with E-state index in [4.69, 9.17) is 0 Å². The van der Waals surface area contributed by atoms with E-state index in [9.17, 15) is 22.8 Å². The number of carbonyl (C=O) groups excluding carboxylic acids is 2. The summed E-state index contributed by atoms with van der Waals surface area (Å²) in [5, 5.41) is 6.50. The zero-order chi connectivity index (χ0) is 28.3. The molecule has 1 aliphatic rings. The van der Waals surface area contributed by atoms with Crippen molar-refractivity contribution in [3.8, 4) is 0 Å². The number of hydrogen-bond acceptors (Lipinski definition) is 8. The Hall–Kier alpha value is -4.10. The van der Waals surface area contributed by atoms with Crippen LogP contribution >= 0.6 is 11.5 Å². The lowest BCUT2D eigenvalue weighted by atomic mass is 10.1. The number of benzene rings is 2. The molecule has 13 heteroatoms. The Morgan fingerprint density at radius 1 is 1.00 bits per heavy atom. The second kappa shape index (κ2) is 11.6. The largest absolute Gasteiger partial charge is 0.401 e. The third kappa shape index (κ3) is 6.54. The van der Waals surface area contributed by atoms with E-state index in [2.05, 4.69) is 25.0 Å². The number of alkyl halides is 3. The molecule has 4 aromatic rings. The molecule has 1 aliphatic heterocycles. The van der Waals surface area contributed by atoms with Gasteiger partial charge >= 0.3 is 6.18 Å². The average molecular weight is 570 g/mol. The summed E-state index contributed by atoms with van der Waals surface area (Å²) < 4.78 is 42.5. The number of nitrogens with zero attached hydrogens (tertiary/aromatic N) is 5. The number of carbonyl (C=O) groups is 2. The fourth-order valence-corrected chi connectivity index (χ4v) is 5.32. The number of hydrogen-bond donors (Lipinski definition) is 2. The fourth-order valence-electron chi connectivity index (χ4n) is 4.51. The smallest absolute Gasteiger partial charge is 0.337 e. The van der Waals surface area contributed by atoms with Gasteiger partial charge in [-0.25, -0.2) is 4.98 Å². The molecular weight excluding hydrogens is 543 g/mol. The topological polar surface area (TPSA) is 103 Å². The molecule has 0 atom stereocenters. The Balaban J connectivity index is 1.23. The van der Waals surface area contributed by atoms with Crippen molar-refractivity contribution in [2.24, 2.45) is 0 Å². The first-order valence-corrected chi connectivity index (χ1v) is 13.4. The third-order valence-electron chi connectivity index (χ3n) is 6.45. The van der Waals surface area contributed by atoms with Crippen LogP contribution in [0.1, 0.15) is 32.8 Å². The second-order valence-electron chi connectivity index (χ2n) is 9.41. The molecule has 0 spiro atoms. The van der Waals surface area contributed by atoms with Gasteiger partial charge in [0.1, 0.15) is 10.8 Å². The molecule has 2 amide bonds. The Bertz CT molecular complexity index is 1520. The molecule has 0 bridgehead atoms. The molecule has 208 valence electrons. The number of rotatable bonds is 6. The summed E-state index contributed by atoms with van der Waals surface area (Å²) in [5.41, 5.74) is 3.27. The number of nitrogens with one attached hydrogen (secondary N) is 2. The van der Waals surface area contributed by atoms with Crippen molar-refractivity contribution in [1.29, 1.82) is 0 Å².